The van der Waals surface area contributed by atoms with Crippen molar-refractivity contribution in [3.05, 3.63) is 75.4 Å². The van der Waals surface area contributed by atoms with Crippen molar-refractivity contribution in [3.8, 4) is 0 Å². The molecule has 0 fully saturated rings. The van der Waals surface area contributed by atoms with E-state index in [1.807, 2.05) is 30.3 Å². The minimum Gasteiger partial charge on any atom is -0.445 e. The van der Waals surface area contributed by atoms with E-state index >= 15 is 0 Å². The molecule has 1 aromatic heterocycles. The summed E-state index contributed by atoms with van der Waals surface area (Å²) in [6, 6.07) is 9.28. The monoisotopic (exact) mass is 420 g/mol. The molecule has 9 nitrogen and oxygen atoms in total. The fourth-order valence-electron chi connectivity index (χ4n) is 3.85. The number of Topliss-reactive ketones (excluding diaryl/α,β-unsaturated/α-hetero) is 2. The summed E-state index contributed by atoms with van der Waals surface area (Å²) in [6.45, 7) is 1.37. The highest BCUT2D eigenvalue weighted by Crippen LogP contribution is 2.36. The summed E-state index contributed by atoms with van der Waals surface area (Å²) in [5, 5.41) is 2.84. The van der Waals surface area contributed by atoms with Gasteiger partial charge in [-0.1, -0.05) is 30.3 Å². The highest BCUT2D eigenvalue weighted by atomic mass is 16.5. The van der Waals surface area contributed by atoms with Crippen LogP contribution in [-0.4, -0.2) is 28.1 Å². The van der Waals surface area contributed by atoms with Crippen LogP contribution in [0.15, 0.2) is 47.3 Å². The zero-order valence-corrected chi connectivity index (χ0v) is 16.7. The van der Waals surface area contributed by atoms with Crippen LogP contribution in [0.1, 0.15) is 44.6 Å². The normalized spacial score (nSPS) is 14.8. The van der Waals surface area contributed by atoms with Gasteiger partial charge < -0.3 is 26.1 Å². The molecule has 0 atom stereocenters. The Balaban J connectivity index is 1.67. The van der Waals surface area contributed by atoms with Gasteiger partial charge in [0, 0.05) is 16.8 Å². The molecule has 2 aliphatic rings. The van der Waals surface area contributed by atoms with Crippen LogP contribution in [0.3, 0.4) is 0 Å². The third-order valence-electron chi connectivity index (χ3n) is 5.35. The van der Waals surface area contributed by atoms with Crippen molar-refractivity contribution < 1.29 is 23.9 Å². The first-order chi connectivity index (χ1) is 14.8. The van der Waals surface area contributed by atoms with Crippen LogP contribution in [0, 0.1) is 0 Å². The van der Waals surface area contributed by atoms with E-state index in [9.17, 15) is 19.2 Å². The van der Waals surface area contributed by atoms with Gasteiger partial charge in [-0.3, -0.25) is 14.4 Å². The number of nitrogens with zero attached hydrogens (tertiary/aromatic N) is 1. The molecule has 0 spiro atoms. The number of hydrogen-bond acceptors (Lipinski definition) is 6. The average molecular weight is 420 g/mol. The van der Waals surface area contributed by atoms with Gasteiger partial charge in [0.1, 0.15) is 12.3 Å². The summed E-state index contributed by atoms with van der Waals surface area (Å²) in [4.78, 5) is 49.3. The summed E-state index contributed by atoms with van der Waals surface area (Å²) in [6.07, 6.45) is 0.840. The molecule has 0 saturated heterocycles. The summed E-state index contributed by atoms with van der Waals surface area (Å²) in [5.74, 6) is -1.10. The molecule has 9 heteroatoms. The molecule has 5 N–H and O–H groups in total. The van der Waals surface area contributed by atoms with Crippen LogP contribution in [-0.2, 0) is 29.1 Å². The van der Waals surface area contributed by atoms with Gasteiger partial charge in [-0.2, -0.15) is 0 Å². The van der Waals surface area contributed by atoms with Crippen molar-refractivity contribution in [2.24, 2.45) is 11.5 Å². The predicted octanol–water partition coefficient (Wildman–Crippen LogP) is 1.41. The smallest absolute Gasteiger partial charge is 0.404 e. The van der Waals surface area contributed by atoms with Crippen molar-refractivity contribution >= 4 is 29.6 Å². The standard InChI is InChI=1S/C22H20N4O5/c1-11-18(23)21(29)17-14(10-31-22(24)30)15-8-13(9-26(15)19(17)20(11)28)25-16(27)7-12-5-3-2-4-6-12/h2-6,8H,7,9-10,23H2,1H3,(H2,24,30)(H,25,27). The number of nitrogens with two attached hydrogens (primary N) is 2. The van der Waals surface area contributed by atoms with Crippen molar-refractivity contribution in [2.45, 2.75) is 26.5 Å². The van der Waals surface area contributed by atoms with Crippen LogP contribution < -0.4 is 16.8 Å². The number of nitrogens with one attached hydrogen (secondary N) is 1. The minimum atomic E-state index is -1.01. The van der Waals surface area contributed by atoms with E-state index in [1.54, 1.807) is 10.6 Å². The van der Waals surface area contributed by atoms with E-state index in [2.05, 4.69) is 5.32 Å². The Kier molecular flexibility index (Phi) is 4.94. The molecule has 2 aromatic rings. The number of allylic oxidation sites excluding steroid dienone is 3. The third kappa shape index (κ3) is 3.50. The summed E-state index contributed by atoms with van der Waals surface area (Å²) < 4.78 is 6.54. The molecule has 0 unspecified atom stereocenters. The van der Waals surface area contributed by atoms with Gasteiger partial charge in [0.05, 0.1) is 29.9 Å². The number of rotatable bonds is 5. The maximum Gasteiger partial charge on any atom is 0.404 e. The Labute approximate surface area is 177 Å². The lowest BCUT2D eigenvalue weighted by Crippen LogP contribution is -2.29. The Hall–Kier alpha value is -4.14. The number of aromatic nitrogens is 1. The highest BCUT2D eigenvalue weighted by Gasteiger charge is 2.38. The number of primary amides is 1. The molecule has 158 valence electrons. The van der Waals surface area contributed by atoms with Gasteiger partial charge in [-0.05, 0) is 18.6 Å². The second kappa shape index (κ2) is 7.60. The van der Waals surface area contributed by atoms with Gasteiger partial charge in [0.15, 0.2) is 0 Å². The number of fused-ring (bicyclic) bond motifs is 3. The Bertz CT molecular complexity index is 1200. The van der Waals surface area contributed by atoms with Crippen LogP contribution >= 0.6 is 0 Å². The molecule has 1 aliphatic heterocycles. The molecule has 0 bridgehead atoms. The van der Waals surface area contributed by atoms with Crippen molar-refractivity contribution in [1.82, 2.24) is 9.88 Å². The first-order valence-corrected chi connectivity index (χ1v) is 9.55. The van der Waals surface area contributed by atoms with Crippen LogP contribution in [0.2, 0.25) is 0 Å². The molecule has 1 aliphatic carbocycles. The van der Waals surface area contributed by atoms with Crippen molar-refractivity contribution in [1.29, 1.82) is 0 Å². The number of carbonyl (C=O) groups is 4. The number of amides is 2. The van der Waals surface area contributed by atoms with Gasteiger partial charge >= 0.3 is 6.09 Å². The highest BCUT2D eigenvalue weighted by molar-refractivity contribution is 6.27. The molecular weight excluding hydrogens is 400 g/mol. The number of benzene rings is 1. The second-order valence-corrected chi connectivity index (χ2v) is 7.36. The van der Waals surface area contributed by atoms with Gasteiger partial charge in [-0.25, -0.2) is 4.79 Å². The number of hydrogen-bond donors (Lipinski definition) is 3. The van der Waals surface area contributed by atoms with E-state index < -0.39 is 11.9 Å². The molecule has 0 saturated carbocycles. The number of ether oxygens (including phenoxy) is 1. The fourth-order valence-corrected chi connectivity index (χ4v) is 3.85. The SMILES string of the molecule is CC1=C(N)C(=O)c2c(COC(N)=O)c3n(c2C1=O)CC(NC(=O)Cc1ccccc1)=C3. The Morgan fingerprint density at radius 1 is 1.16 bits per heavy atom. The topological polar surface area (TPSA) is 147 Å². The lowest BCUT2D eigenvalue weighted by molar-refractivity contribution is -0.119. The van der Waals surface area contributed by atoms with Crippen LogP contribution in [0.4, 0.5) is 4.79 Å². The molecule has 2 amide bonds. The molecule has 0 radical (unpaired) electrons. The van der Waals surface area contributed by atoms with E-state index in [0.29, 0.717) is 17.0 Å². The van der Waals surface area contributed by atoms with E-state index in [-0.39, 0.29) is 53.8 Å². The molecule has 4 rings (SSSR count). The average Bonchev–Trinajstić information content (AvgIpc) is 3.25. The van der Waals surface area contributed by atoms with Gasteiger partial charge in [-0.15, -0.1) is 0 Å². The number of carbonyl (C=O) groups excluding carboxylic acids is 4. The zero-order chi connectivity index (χ0) is 22.3. The predicted molar refractivity (Wildman–Crippen MR) is 111 cm³/mol. The zero-order valence-electron chi connectivity index (χ0n) is 16.7. The largest absolute Gasteiger partial charge is 0.445 e. The van der Waals surface area contributed by atoms with E-state index in [1.165, 1.54) is 6.92 Å². The summed E-state index contributed by atoms with van der Waals surface area (Å²) in [7, 11) is 0. The quantitative estimate of drug-likeness (QED) is 0.666. The molecule has 31 heavy (non-hydrogen) atoms. The summed E-state index contributed by atoms with van der Waals surface area (Å²) >= 11 is 0. The Morgan fingerprint density at radius 3 is 2.55 bits per heavy atom. The maximum atomic E-state index is 12.9. The van der Waals surface area contributed by atoms with E-state index in [4.69, 9.17) is 16.2 Å². The molecular formula is C22H20N4O5. The van der Waals surface area contributed by atoms with Crippen LogP contribution in [0.5, 0.6) is 0 Å². The molecule has 1 aromatic carbocycles. The van der Waals surface area contributed by atoms with Gasteiger partial charge in [0.2, 0.25) is 17.5 Å². The lowest BCUT2D eigenvalue weighted by atomic mass is 9.90. The first kappa shape index (κ1) is 20.1. The van der Waals surface area contributed by atoms with Crippen molar-refractivity contribution in [2.75, 3.05) is 0 Å². The second-order valence-electron chi connectivity index (χ2n) is 7.36. The van der Waals surface area contributed by atoms with E-state index in [0.717, 1.165) is 5.56 Å². The molecule has 2 heterocycles. The first-order valence-electron chi connectivity index (χ1n) is 9.55. The number of ketones is 2. The third-order valence-corrected chi connectivity index (χ3v) is 5.35. The maximum absolute atomic E-state index is 12.9. The van der Waals surface area contributed by atoms with Crippen LogP contribution in [0.25, 0.3) is 6.08 Å². The lowest BCUT2D eigenvalue weighted by Gasteiger charge is -2.17. The van der Waals surface area contributed by atoms with Crippen molar-refractivity contribution in [3.63, 3.8) is 0 Å². The summed E-state index contributed by atoms with van der Waals surface area (Å²) in [5.41, 5.74) is 13.4. The van der Waals surface area contributed by atoms with Gasteiger partial charge in [0.25, 0.3) is 0 Å². The Morgan fingerprint density at radius 2 is 1.87 bits per heavy atom. The fraction of sp³-hybridized carbons (Fsp3) is 0.182. The minimum absolute atomic E-state index is 0.107.